The van der Waals surface area contributed by atoms with Crippen molar-refractivity contribution in [2.45, 2.75) is 31.5 Å². The maximum Gasteiger partial charge on any atom is 0.274 e. The Labute approximate surface area is 171 Å². The number of rotatable bonds is 3. The molecule has 3 aliphatic heterocycles. The van der Waals surface area contributed by atoms with Crippen LogP contribution in [-0.2, 0) is 16.1 Å². The highest BCUT2D eigenvalue weighted by molar-refractivity contribution is 5.99. The Bertz CT molecular complexity index is 988. The van der Waals surface area contributed by atoms with E-state index in [9.17, 15) is 28.6 Å². The maximum absolute atomic E-state index is 13.8. The lowest BCUT2D eigenvalue weighted by atomic mass is 9.95. The lowest BCUT2D eigenvalue weighted by Gasteiger charge is -2.45. The molecule has 2 bridgehead atoms. The van der Waals surface area contributed by atoms with Crippen molar-refractivity contribution in [2.75, 3.05) is 13.1 Å². The van der Waals surface area contributed by atoms with E-state index in [1.807, 2.05) is 12.2 Å². The van der Waals surface area contributed by atoms with Gasteiger partial charge in [0.15, 0.2) is 5.76 Å². The van der Waals surface area contributed by atoms with E-state index in [-0.39, 0.29) is 29.4 Å². The number of benzene rings is 1. The molecule has 7 nitrogen and oxygen atoms in total. The second kappa shape index (κ2) is 7.91. The van der Waals surface area contributed by atoms with Gasteiger partial charge in [0.25, 0.3) is 11.8 Å². The number of hydrogen-bond acceptors (Lipinski definition) is 5. The van der Waals surface area contributed by atoms with Crippen molar-refractivity contribution in [3.8, 4) is 0 Å². The first-order valence-electron chi connectivity index (χ1n) is 9.64. The molecule has 1 saturated heterocycles. The van der Waals surface area contributed by atoms with Gasteiger partial charge in [0.05, 0.1) is 11.6 Å². The molecular formula is C21H21F2N3O4. The van der Waals surface area contributed by atoms with Gasteiger partial charge < -0.3 is 25.3 Å². The van der Waals surface area contributed by atoms with Crippen LogP contribution >= 0.6 is 0 Å². The number of fused-ring (bicyclic) bond motifs is 4. The first-order valence-corrected chi connectivity index (χ1v) is 9.64. The fourth-order valence-corrected chi connectivity index (χ4v) is 3.88. The Kier molecular flexibility index (Phi) is 5.29. The number of carbonyl (C=O) groups is 2. The fourth-order valence-electron chi connectivity index (χ4n) is 3.88. The molecule has 0 aliphatic carbocycles. The summed E-state index contributed by atoms with van der Waals surface area (Å²) in [5, 5.41) is 23.5. The molecule has 158 valence electrons. The van der Waals surface area contributed by atoms with E-state index in [0.29, 0.717) is 32.0 Å². The van der Waals surface area contributed by atoms with Crippen molar-refractivity contribution in [3.05, 3.63) is 70.8 Å². The Balaban J connectivity index is 1.58. The van der Waals surface area contributed by atoms with E-state index in [1.165, 1.54) is 17.2 Å². The smallest absolute Gasteiger partial charge is 0.274 e. The molecule has 1 unspecified atom stereocenters. The highest BCUT2D eigenvalue weighted by Crippen LogP contribution is 2.33. The van der Waals surface area contributed by atoms with E-state index in [1.54, 1.807) is 4.90 Å². The lowest BCUT2D eigenvalue weighted by molar-refractivity contribution is -0.133. The van der Waals surface area contributed by atoms with Crippen LogP contribution in [0.4, 0.5) is 8.78 Å². The summed E-state index contributed by atoms with van der Waals surface area (Å²) in [4.78, 5) is 28.6. The third-order valence-electron chi connectivity index (χ3n) is 5.50. The summed E-state index contributed by atoms with van der Waals surface area (Å²) in [5.41, 5.74) is -0.119. The van der Waals surface area contributed by atoms with E-state index in [4.69, 9.17) is 0 Å². The van der Waals surface area contributed by atoms with Gasteiger partial charge in [0, 0.05) is 37.5 Å². The molecule has 1 fully saturated rings. The number of nitrogens with one attached hydrogen (secondary N) is 1. The quantitative estimate of drug-likeness (QED) is 0.648. The number of halogens is 2. The minimum Gasteiger partial charge on any atom is -0.507 e. The van der Waals surface area contributed by atoms with Crippen molar-refractivity contribution in [1.29, 1.82) is 0 Å². The van der Waals surface area contributed by atoms with Crippen molar-refractivity contribution in [1.82, 2.24) is 15.1 Å². The minimum atomic E-state index is -1.68. The molecule has 3 heterocycles. The van der Waals surface area contributed by atoms with Crippen LogP contribution in [0.25, 0.3) is 0 Å². The first-order chi connectivity index (χ1) is 14.4. The number of nitrogens with zero attached hydrogens (tertiary/aromatic N) is 2. The van der Waals surface area contributed by atoms with Crippen LogP contribution in [0.5, 0.6) is 0 Å². The SMILES string of the molecule is O=C(NCc1ccc(F)cc1F)C1=CN2C(=C(O)C1O)C(=O)N1CC/C=C\C[C@@H]2C1. The lowest BCUT2D eigenvalue weighted by Crippen LogP contribution is -2.56. The molecule has 1 aromatic carbocycles. The number of carbonyl (C=O) groups excluding carboxylic acids is 2. The van der Waals surface area contributed by atoms with Gasteiger partial charge in [-0.25, -0.2) is 8.78 Å². The van der Waals surface area contributed by atoms with Crippen LogP contribution in [0, 0.1) is 11.6 Å². The summed E-state index contributed by atoms with van der Waals surface area (Å²) in [6.45, 7) is 0.709. The fraction of sp³-hybridized carbons (Fsp3) is 0.333. The predicted octanol–water partition coefficient (Wildman–Crippen LogP) is 1.47. The third-order valence-corrected chi connectivity index (χ3v) is 5.50. The van der Waals surface area contributed by atoms with Gasteiger partial charge >= 0.3 is 0 Å². The third kappa shape index (κ3) is 3.56. The number of hydrogen-bond donors (Lipinski definition) is 3. The van der Waals surface area contributed by atoms with Crippen LogP contribution in [0.15, 0.2) is 53.6 Å². The largest absolute Gasteiger partial charge is 0.507 e. The molecule has 2 amide bonds. The monoisotopic (exact) mass is 417 g/mol. The van der Waals surface area contributed by atoms with E-state index >= 15 is 0 Å². The summed E-state index contributed by atoms with van der Waals surface area (Å²) in [7, 11) is 0. The van der Waals surface area contributed by atoms with Gasteiger partial charge in [-0.2, -0.15) is 0 Å². The van der Waals surface area contributed by atoms with Gasteiger partial charge in [-0.05, 0) is 18.9 Å². The zero-order valence-corrected chi connectivity index (χ0v) is 16.0. The van der Waals surface area contributed by atoms with Gasteiger partial charge in [0.1, 0.15) is 23.4 Å². The van der Waals surface area contributed by atoms with E-state index in [0.717, 1.165) is 6.07 Å². The van der Waals surface area contributed by atoms with E-state index in [2.05, 4.69) is 5.32 Å². The molecule has 0 aromatic heterocycles. The number of aliphatic hydroxyl groups is 2. The molecule has 1 aromatic rings. The van der Waals surface area contributed by atoms with Crippen LogP contribution < -0.4 is 5.32 Å². The maximum atomic E-state index is 13.8. The molecular weight excluding hydrogens is 396 g/mol. The standard InChI is InChI=1S/C21H21F2N3O4/c22-13-6-5-12(16(23)8-13)9-24-20(29)15-11-26-14-4-2-1-3-7-25(10-14)21(30)17(26)19(28)18(15)27/h1-2,5-6,8,11,14,18,27-28H,3-4,7,9-10H2,(H,24,29)/b2-1-/t14-,18?/m1/s1. The summed E-state index contributed by atoms with van der Waals surface area (Å²) in [5.74, 6) is -3.25. The molecule has 3 N–H and O–H groups in total. The van der Waals surface area contributed by atoms with Crippen LogP contribution in [0.3, 0.4) is 0 Å². The Hall–Kier alpha value is -3.20. The van der Waals surface area contributed by atoms with Crippen molar-refractivity contribution in [2.24, 2.45) is 0 Å². The Morgan fingerprint density at radius 3 is 2.83 bits per heavy atom. The van der Waals surface area contributed by atoms with E-state index < -0.39 is 35.3 Å². The summed E-state index contributed by atoms with van der Waals surface area (Å²) < 4.78 is 26.8. The van der Waals surface area contributed by atoms with Crippen LogP contribution in [-0.4, -0.2) is 57.1 Å². The molecule has 2 atom stereocenters. The zero-order valence-electron chi connectivity index (χ0n) is 16.0. The molecule has 4 rings (SSSR count). The normalized spacial score (nSPS) is 24.6. The van der Waals surface area contributed by atoms with Crippen molar-refractivity contribution >= 4 is 11.8 Å². The summed E-state index contributed by atoms with van der Waals surface area (Å²) >= 11 is 0. The average molecular weight is 417 g/mol. The zero-order chi connectivity index (χ0) is 21.4. The number of amides is 2. The van der Waals surface area contributed by atoms with Gasteiger partial charge in [-0.1, -0.05) is 18.2 Å². The minimum absolute atomic E-state index is 0.0322. The predicted molar refractivity (Wildman–Crippen MR) is 103 cm³/mol. The molecule has 9 heteroatoms. The van der Waals surface area contributed by atoms with Crippen LogP contribution in [0.2, 0.25) is 0 Å². The average Bonchev–Trinajstić information content (AvgIpc) is 2.68. The second-order valence-corrected chi connectivity index (χ2v) is 7.45. The summed E-state index contributed by atoms with van der Waals surface area (Å²) in [6.07, 6.45) is 4.96. The topological polar surface area (TPSA) is 93.1 Å². The molecule has 0 saturated carbocycles. The van der Waals surface area contributed by atoms with Crippen molar-refractivity contribution in [3.63, 3.8) is 0 Å². The molecule has 30 heavy (non-hydrogen) atoms. The molecule has 0 spiro atoms. The van der Waals surface area contributed by atoms with Gasteiger partial charge in [-0.15, -0.1) is 0 Å². The highest BCUT2D eigenvalue weighted by Gasteiger charge is 2.43. The van der Waals surface area contributed by atoms with Gasteiger partial charge in [0.2, 0.25) is 0 Å². The Morgan fingerprint density at radius 2 is 2.07 bits per heavy atom. The number of aliphatic hydroxyl groups excluding tert-OH is 2. The number of piperazine rings is 1. The first kappa shape index (κ1) is 20.1. The Morgan fingerprint density at radius 1 is 1.27 bits per heavy atom. The molecule has 0 radical (unpaired) electrons. The van der Waals surface area contributed by atoms with Crippen molar-refractivity contribution < 1.29 is 28.6 Å². The highest BCUT2D eigenvalue weighted by atomic mass is 19.1. The second-order valence-electron chi connectivity index (χ2n) is 7.45. The summed E-state index contributed by atoms with van der Waals surface area (Å²) in [6, 6.07) is 2.81. The van der Waals surface area contributed by atoms with Crippen LogP contribution in [0.1, 0.15) is 18.4 Å². The molecule has 3 aliphatic rings. The van der Waals surface area contributed by atoms with Gasteiger partial charge in [-0.3, -0.25) is 9.59 Å².